The van der Waals surface area contributed by atoms with Gasteiger partial charge in [0, 0.05) is 30.3 Å². The molecule has 1 heterocycles. The highest BCUT2D eigenvalue weighted by atomic mass is 16.3. The van der Waals surface area contributed by atoms with E-state index in [0.29, 0.717) is 23.4 Å². The van der Waals surface area contributed by atoms with E-state index < -0.39 is 0 Å². The van der Waals surface area contributed by atoms with E-state index in [1.807, 2.05) is 31.2 Å². The number of hydrogen-bond acceptors (Lipinski definition) is 6. The minimum absolute atomic E-state index is 0.00210. The number of aryl methyl sites for hydroxylation is 1. The summed E-state index contributed by atoms with van der Waals surface area (Å²) in [5, 5.41) is 28.0. The van der Waals surface area contributed by atoms with E-state index in [1.54, 1.807) is 19.2 Å². The molecule has 1 aromatic heterocycles. The molecule has 0 aliphatic carbocycles. The standard InChI is InChI=1S/C20H20N4O3/c1-3-17(16-9-8-15(25)12-19(16)26)22-21-14-6-4-13(5-7-14)18-10-11-20(27)24(2)23-18/h4-12,21,25-26H,3H2,1-2H3/b22-17-. The van der Waals surface area contributed by atoms with Crippen LogP contribution in [0.15, 0.2) is 64.5 Å². The monoisotopic (exact) mass is 364 g/mol. The first-order valence-corrected chi connectivity index (χ1v) is 8.47. The van der Waals surface area contributed by atoms with Crippen LogP contribution in [0.2, 0.25) is 0 Å². The van der Waals surface area contributed by atoms with Crippen molar-refractivity contribution in [1.29, 1.82) is 0 Å². The third-order valence-electron chi connectivity index (χ3n) is 4.09. The summed E-state index contributed by atoms with van der Waals surface area (Å²) in [6.45, 7) is 1.93. The van der Waals surface area contributed by atoms with Gasteiger partial charge in [0.15, 0.2) is 0 Å². The molecule has 0 amide bonds. The van der Waals surface area contributed by atoms with Crippen LogP contribution in [0.25, 0.3) is 11.3 Å². The summed E-state index contributed by atoms with van der Waals surface area (Å²) in [5.41, 5.74) is 6.40. The minimum atomic E-state index is -0.157. The van der Waals surface area contributed by atoms with Gasteiger partial charge in [-0.15, -0.1) is 0 Å². The van der Waals surface area contributed by atoms with Crippen molar-refractivity contribution < 1.29 is 10.2 Å². The highest BCUT2D eigenvalue weighted by Crippen LogP contribution is 2.24. The topological polar surface area (TPSA) is 99.7 Å². The number of hydrazone groups is 1. The van der Waals surface area contributed by atoms with Crippen LogP contribution in [0, 0.1) is 0 Å². The van der Waals surface area contributed by atoms with Crippen LogP contribution in [-0.2, 0) is 7.05 Å². The fraction of sp³-hybridized carbons (Fsp3) is 0.150. The number of rotatable bonds is 5. The fourth-order valence-corrected chi connectivity index (χ4v) is 2.60. The Morgan fingerprint density at radius 1 is 1.11 bits per heavy atom. The van der Waals surface area contributed by atoms with Gasteiger partial charge in [0.2, 0.25) is 0 Å². The second-order valence-corrected chi connectivity index (χ2v) is 5.98. The molecule has 0 saturated carbocycles. The van der Waals surface area contributed by atoms with Gasteiger partial charge in [-0.05, 0) is 36.8 Å². The largest absolute Gasteiger partial charge is 0.508 e. The van der Waals surface area contributed by atoms with Gasteiger partial charge in [0.25, 0.3) is 5.56 Å². The number of aromatic hydroxyl groups is 2. The van der Waals surface area contributed by atoms with Crippen molar-refractivity contribution in [1.82, 2.24) is 9.78 Å². The lowest BCUT2D eigenvalue weighted by Crippen LogP contribution is -2.18. The zero-order valence-corrected chi connectivity index (χ0v) is 15.0. The molecule has 7 nitrogen and oxygen atoms in total. The minimum Gasteiger partial charge on any atom is -0.508 e. The molecule has 0 aliphatic heterocycles. The van der Waals surface area contributed by atoms with E-state index in [2.05, 4.69) is 15.6 Å². The van der Waals surface area contributed by atoms with Crippen molar-refractivity contribution in [2.45, 2.75) is 13.3 Å². The Kier molecular flexibility index (Phi) is 5.21. The zero-order chi connectivity index (χ0) is 19.4. The van der Waals surface area contributed by atoms with Crippen LogP contribution < -0.4 is 11.0 Å². The van der Waals surface area contributed by atoms with Crippen molar-refractivity contribution in [3.8, 4) is 22.8 Å². The first-order valence-electron chi connectivity index (χ1n) is 8.47. The van der Waals surface area contributed by atoms with Crippen molar-refractivity contribution >= 4 is 11.4 Å². The Morgan fingerprint density at radius 3 is 2.48 bits per heavy atom. The second kappa shape index (κ2) is 7.74. The average molecular weight is 364 g/mol. The van der Waals surface area contributed by atoms with E-state index in [1.165, 1.54) is 22.9 Å². The van der Waals surface area contributed by atoms with Crippen LogP contribution in [0.4, 0.5) is 5.69 Å². The Hall–Kier alpha value is -3.61. The molecule has 0 aliphatic rings. The lowest BCUT2D eigenvalue weighted by atomic mass is 10.1. The molecule has 3 rings (SSSR count). The highest BCUT2D eigenvalue weighted by molar-refractivity contribution is 6.03. The Bertz CT molecular complexity index is 1040. The molecule has 0 atom stereocenters. The molecule has 3 aromatic rings. The number of phenols is 2. The van der Waals surface area contributed by atoms with E-state index in [9.17, 15) is 15.0 Å². The molecule has 0 fully saturated rings. The van der Waals surface area contributed by atoms with Gasteiger partial charge >= 0.3 is 0 Å². The molecule has 7 heteroatoms. The molecule has 0 spiro atoms. The molecular weight excluding hydrogens is 344 g/mol. The SMILES string of the molecule is CC/C(=N/Nc1ccc(-c2ccc(=O)n(C)n2)cc1)c1ccc(O)cc1O. The summed E-state index contributed by atoms with van der Waals surface area (Å²) < 4.78 is 1.30. The summed E-state index contributed by atoms with van der Waals surface area (Å²) in [4.78, 5) is 11.4. The maximum Gasteiger partial charge on any atom is 0.266 e. The number of hydrogen-bond donors (Lipinski definition) is 3. The molecule has 138 valence electrons. The molecule has 0 bridgehead atoms. The Morgan fingerprint density at radius 2 is 1.85 bits per heavy atom. The Balaban J connectivity index is 1.79. The van der Waals surface area contributed by atoms with Gasteiger partial charge in [0.1, 0.15) is 11.5 Å². The maximum absolute atomic E-state index is 11.4. The lowest BCUT2D eigenvalue weighted by Gasteiger charge is -2.09. The third kappa shape index (κ3) is 4.14. The number of aromatic nitrogens is 2. The van der Waals surface area contributed by atoms with Crippen molar-refractivity contribution in [3.63, 3.8) is 0 Å². The van der Waals surface area contributed by atoms with E-state index >= 15 is 0 Å². The lowest BCUT2D eigenvalue weighted by molar-refractivity contribution is 0.450. The third-order valence-corrected chi connectivity index (χ3v) is 4.09. The van der Waals surface area contributed by atoms with Crippen LogP contribution in [0.1, 0.15) is 18.9 Å². The summed E-state index contributed by atoms with van der Waals surface area (Å²) in [7, 11) is 1.61. The van der Waals surface area contributed by atoms with E-state index in [4.69, 9.17) is 0 Å². The van der Waals surface area contributed by atoms with Crippen LogP contribution >= 0.6 is 0 Å². The van der Waals surface area contributed by atoms with E-state index in [-0.39, 0.29) is 17.1 Å². The zero-order valence-electron chi connectivity index (χ0n) is 15.0. The molecule has 0 saturated heterocycles. The van der Waals surface area contributed by atoms with Gasteiger partial charge in [-0.2, -0.15) is 10.2 Å². The number of phenolic OH excluding ortho intramolecular Hbond substituents is 2. The second-order valence-electron chi connectivity index (χ2n) is 5.98. The molecule has 0 unspecified atom stereocenters. The molecule has 0 radical (unpaired) electrons. The molecule has 2 aromatic carbocycles. The van der Waals surface area contributed by atoms with Gasteiger partial charge in [0.05, 0.1) is 17.1 Å². The first kappa shape index (κ1) is 18.2. The number of benzene rings is 2. The smallest absolute Gasteiger partial charge is 0.266 e. The maximum atomic E-state index is 11.4. The normalized spacial score (nSPS) is 11.4. The van der Waals surface area contributed by atoms with Crippen molar-refractivity contribution in [2.75, 3.05) is 5.43 Å². The summed E-state index contributed by atoms with van der Waals surface area (Å²) >= 11 is 0. The molecular formula is C20H20N4O3. The summed E-state index contributed by atoms with van der Waals surface area (Å²) in [6.07, 6.45) is 0.603. The average Bonchev–Trinajstić information content (AvgIpc) is 2.66. The number of anilines is 1. The highest BCUT2D eigenvalue weighted by Gasteiger charge is 2.08. The van der Waals surface area contributed by atoms with Crippen LogP contribution in [-0.4, -0.2) is 25.7 Å². The molecule has 3 N–H and O–H groups in total. The molecule has 27 heavy (non-hydrogen) atoms. The first-order chi connectivity index (χ1) is 13.0. The van der Waals surface area contributed by atoms with Crippen molar-refractivity contribution in [3.05, 3.63) is 70.5 Å². The van der Waals surface area contributed by atoms with Crippen molar-refractivity contribution in [2.24, 2.45) is 12.1 Å². The predicted molar refractivity (Wildman–Crippen MR) is 105 cm³/mol. The van der Waals surface area contributed by atoms with Crippen LogP contribution in [0.5, 0.6) is 11.5 Å². The predicted octanol–water partition coefficient (Wildman–Crippen LogP) is 3.08. The van der Waals surface area contributed by atoms with Gasteiger partial charge in [-0.25, -0.2) is 4.68 Å². The summed E-state index contributed by atoms with van der Waals surface area (Å²) in [6, 6.07) is 15.1. The van der Waals surface area contributed by atoms with Gasteiger partial charge < -0.3 is 10.2 Å². The Labute approximate surface area is 156 Å². The quantitative estimate of drug-likeness (QED) is 0.477. The van der Waals surface area contributed by atoms with Gasteiger partial charge in [-0.3, -0.25) is 10.2 Å². The number of nitrogens with one attached hydrogen (secondary N) is 1. The van der Waals surface area contributed by atoms with E-state index in [0.717, 1.165) is 11.3 Å². The number of nitrogens with zero attached hydrogens (tertiary/aromatic N) is 3. The van der Waals surface area contributed by atoms with Gasteiger partial charge in [-0.1, -0.05) is 19.1 Å². The summed E-state index contributed by atoms with van der Waals surface area (Å²) in [5.74, 6) is -0.0178. The fourth-order valence-electron chi connectivity index (χ4n) is 2.60. The van der Waals surface area contributed by atoms with Crippen LogP contribution in [0.3, 0.4) is 0 Å².